The van der Waals surface area contributed by atoms with Gasteiger partial charge < -0.3 is 5.32 Å². The minimum atomic E-state index is 0.587. The summed E-state index contributed by atoms with van der Waals surface area (Å²) in [6.07, 6.45) is 2.34. The zero-order valence-electron chi connectivity index (χ0n) is 9.10. The molecule has 14 heavy (non-hydrogen) atoms. The van der Waals surface area contributed by atoms with Crippen molar-refractivity contribution in [3.63, 3.8) is 0 Å². The van der Waals surface area contributed by atoms with E-state index in [1.165, 1.54) is 24.1 Å². The quantitative estimate of drug-likeness (QED) is 0.844. The van der Waals surface area contributed by atoms with Crippen LogP contribution < -0.4 is 5.32 Å². The maximum atomic E-state index is 3.53. The molecule has 1 aromatic carbocycles. The number of aryl methyl sites for hydroxylation is 1. The van der Waals surface area contributed by atoms with Gasteiger partial charge in [0.05, 0.1) is 0 Å². The van der Waals surface area contributed by atoms with E-state index in [4.69, 9.17) is 0 Å². The fourth-order valence-electron chi connectivity index (χ4n) is 1.55. The van der Waals surface area contributed by atoms with E-state index in [9.17, 15) is 0 Å². The average Bonchev–Trinajstić information content (AvgIpc) is 2.12. The molecule has 0 bridgehead atoms. The smallest absolute Gasteiger partial charge is 0.0356 e. The lowest BCUT2D eigenvalue weighted by atomic mass is 10.1. The highest BCUT2D eigenvalue weighted by Gasteiger charge is 2.03. The maximum Gasteiger partial charge on any atom is 0.0356 e. The van der Waals surface area contributed by atoms with Crippen molar-refractivity contribution >= 4 is 21.6 Å². The van der Waals surface area contributed by atoms with Crippen LogP contribution in [-0.2, 0) is 0 Å². The zero-order chi connectivity index (χ0) is 10.6. The number of anilines is 1. The Hall–Kier alpha value is -0.500. The van der Waals surface area contributed by atoms with E-state index >= 15 is 0 Å². The Morgan fingerprint density at radius 1 is 1.21 bits per heavy atom. The summed E-state index contributed by atoms with van der Waals surface area (Å²) in [6, 6.07) is 7.02. The Balaban J connectivity index is 2.75. The van der Waals surface area contributed by atoms with Gasteiger partial charge in [-0.05, 0) is 43.5 Å². The van der Waals surface area contributed by atoms with Crippen LogP contribution in [0.3, 0.4) is 0 Å². The van der Waals surface area contributed by atoms with Crippen molar-refractivity contribution in [2.75, 3.05) is 5.32 Å². The van der Waals surface area contributed by atoms with Crippen LogP contribution in [0.15, 0.2) is 22.7 Å². The van der Waals surface area contributed by atoms with Gasteiger partial charge in [0, 0.05) is 16.2 Å². The molecule has 0 saturated heterocycles. The second kappa shape index (κ2) is 5.40. The molecule has 1 aromatic rings. The van der Waals surface area contributed by atoms with Crippen LogP contribution in [0.25, 0.3) is 0 Å². The summed E-state index contributed by atoms with van der Waals surface area (Å²) in [5.41, 5.74) is 2.50. The van der Waals surface area contributed by atoms with Crippen molar-refractivity contribution in [2.45, 2.75) is 39.7 Å². The summed E-state index contributed by atoms with van der Waals surface area (Å²) in [5, 5.41) is 3.53. The van der Waals surface area contributed by atoms with Crippen molar-refractivity contribution in [1.29, 1.82) is 0 Å². The molecule has 0 heterocycles. The van der Waals surface area contributed by atoms with E-state index < -0.39 is 0 Å². The highest BCUT2D eigenvalue weighted by atomic mass is 79.9. The van der Waals surface area contributed by atoms with Gasteiger partial charge in [-0.2, -0.15) is 0 Å². The van der Waals surface area contributed by atoms with Gasteiger partial charge in [0.2, 0.25) is 0 Å². The molecule has 0 atom stereocenters. The highest BCUT2D eigenvalue weighted by Crippen LogP contribution is 2.20. The van der Waals surface area contributed by atoms with Gasteiger partial charge in [-0.3, -0.25) is 0 Å². The molecule has 0 saturated carbocycles. The van der Waals surface area contributed by atoms with Gasteiger partial charge in [0.25, 0.3) is 0 Å². The lowest BCUT2D eigenvalue weighted by Crippen LogP contribution is -2.16. The van der Waals surface area contributed by atoms with Gasteiger partial charge in [0.15, 0.2) is 0 Å². The third kappa shape index (κ3) is 3.33. The molecule has 1 nitrogen and oxygen atoms in total. The van der Waals surface area contributed by atoms with Gasteiger partial charge in [0.1, 0.15) is 0 Å². The Kier molecular flexibility index (Phi) is 4.46. The third-order valence-corrected chi connectivity index (χ3v) is 2.86. The number of halogens is 1. The number of hydrogen-bond acceptors (Lipinski definition) is 1. The Morgan fingerprint density at radius 3 is 2.36 bits per heavy atom. The minimum Gasteiger partial charge on any atom is -0.382 e. The summed E-state index contributed by atoms with van der Waals surface area (Å²) >= 11 is 3.51. The van der Waals surface area contributed by atoms with Crippen molar-refractivity contribution in [3.05, 3.63) is 28.2 Å². The molecular formula is C12H18BrN. The summed E-state index contributed by atoms with van der Waals surface area (Å²) in [6.45, 7) is 6.54. The standard InChI is InChI=1S/C12H18BrN/c1-4-11(5-2)14-12-7-9(3)6-10(13)8-12/h6-8,11,14H,4-5H2,1-3H3. The first-order chi connectivity index (χ1) is 6.65. The van der Waals surface area contributed by atoms with Crippen LogP contribution in [0.5, 0.6) is 0 Å². The molecule has 0 aliphatic rings. The van der Waals surface area contributed by atoms with Crippen molar-refractivity contribution in [3.8, 4) is 0 Å². The number of hydrogen-bond donors (Lipinski definition) is 1. The van der Waals surface area contributed by atoms with Crippen LogP contribution in [0.4, 0.5) is 5.69 Å². The van der Waals surface area contributed by atoms with Crippen molar-refractivity contribution < 1.29 is 0 Å². The van der Waals surface area contributed by atoms with Gasteiger partial charge >= 0.3 is 0 Å². The van der Waals surface area contributed by atoms with E-state index in [-0.39, 0.29) is 0 Å². The molecule has 0 spiro atoms. The van der Waals surface area contributed by atoms with E-state index in [0.29, 0.717) is 6.04 Å². The highest BCUT2D eigenvalue weighted by molar-refractivity contribution is 9.10. The largest absolute Gasteiger partial charge is 0.382 e. The van der Waals surface area contributed by atoms with Crippen LogP contribution in [-0.4, -0.2) is 6.04 Å². The molecule has 0 aliphatic carbocycles. The van der Waals surface area contributed by atoms with E-state index in [1.807, 2.05) is 0 Å². The fourth-order valence-corrected chi connectivity index (χ4v) is 2.16. The normalized spacial score (nSPS) is 10.6. The second-order valence-corrected chi connectivity index (χ2v) is 4.59. The predicted octanol–water partition coefficient (Wildman–Crippen LogP) is 4.36. The van der Waals surface area contributed by atoms with Crippen molar-refractivity contribution in [2.24, 2.45) is 0 Å². The monoisotopic (exact) mass is 255 g/mol. The average molecular weight is 256 g/mol. The van der Waals surface area contributed by atoms with E-state index in [2.05, 4.69) is 60.2 Å². The number of rotatable bonds is 4. The molecule has 0 unspecified atom stereocenters. The molecule has 1 N–H and O–H groups in total. The van der Waals surface area contributed by atoms with E-state index in [1.54, 1.807) is 0 Å². The Bertz CT molecular complexity index is 272. The van der Waals surface area contributed by atoms with Crippen LogP contribution >= 0.6 is 15.9 Å². The third-order valence-electron chi connectivity index (χ3n) is 2.40. The summed E-state index contributed by atoms with van der Waals surface area (Å²) in [4.78, 5) is 0. The molecule has 0 aliphatic heterocycles. The van der Waals surface area contributed by atoms with Gasteiger partial charge in [-0.1, -0.05) is 29.8 Å². The molecule has 78 valence electrons. The topological polar surface area (TPSA) is 12.0 Å². The van der Waals surface area contributed by atoms with Crippen LogP contribution in [0, 0.1) is 6.92 Å². The summed E-state index contributed by atoms with van der Waals surface area (Å²) < 4.78 is 1.14. The summed E-state index contributed by atoms with van der Waals surface area (Å²) in [5.74, 6) is 0. The van der Waals surface area contributed by atoms with Gasteiger partial charge in [-0.25, -0.2) is 0 Å². The van der Waals surface area contributed by atoms with Gasteiger partial charge in [-0.15, -0.1) is 0 Å². The maximum absolute atomic E-state index is 3.53. The molecule has 0 aromatic heterocycles. The molecular weight excluding hydrogens is 238 g/mol. The first kappa shape index (κ1) is 11.6. The Labute approximate surface area is 95.0 Å². The summed E-state index contributed by atoms with van der Waals surface area (Å²) in [7, 11) is 0. The molecule has 2 heteroatoms. The Morgan fingerprint density at radius 2 is 1.86 bits per heavy atom. The van der Waals surface area contributed by atoms with Crippen molar-refractivity contribution in [1.82, 2.24) is 0 Å². The first-order valence-corrected chi connectivity index (χ1v) is 5.98. The van der Waals surface area contributed by atoms with Crippen LogP contribution in [0.2, 0.25) is 0 Å². The fraction of sp³-hybridized carbons (Fsp3) is 0.500. The molecule has 0 amide bonds. The molecule has 0 radical (unpaired) electrons. The van der Waals surface area contributed by atoms with Crippen LogP contribution in [0.1, 0.15) is 32.3 Å². The van der Waals surface area contributed by atoms with E-state index in [0.717, 1.165) is 4.47 Å². The molecule has 0 fully saturated rings. The minimum absolute atomic E-state index is 0.587. The number of nitrogens with one attached hydrogen (secondary N) is 1. The second-order valence-electron chi connectivity index (χ2n) is 3.68. The SMILES string of the molecule is CCC(CC)Nc1cc(C)cc(Br)c1. The lowest BCUT2D eigenvalue weighted by Gasteiger charge is -2.16. The molecule has 1 rings (SSSR count). The zero-order valence-corrected chi connectivity index (χ0v) is 10.7. The predicted molar refractivity (Wildman–Crippen MR) is 66.9 cm³/mol. The first-order valence-electron chi connectivity index (χ1n) is 5.19. The lowest BCUT2D eigenvalue weighted by molar-refractivity contribution is 0.671. The number of benzene rings is 1.